The summed E-state index contributed by atoms with van der Waals surface area (Å²) in [5.41, 5.74) is 5.72. The van der Waals surface area contributed by atoms with Crippen molar-refractivity contribution in [2.45, 2.75) is 19.4 Å². The first-order valence-electron chi connectivity index (χ1n) is 10.3. The third-order valence-corrected chi connectivity index (χ3v) is 6.40. The number of methoxy groups -OCH3 is 1. The molecule has 6 nitrogen and oxygen atoms in total. The molecule has 0 atom stereocenters. The molecule has 0 amide bonds. The van der Waals surface area contributed by atoms with E-state index in [-0.39, 0.29) is 0 Å². The predicted molar refractivity (Wildman–Crippen MR) is 126 cm³/mol. The van der Waals surface area contributed by atoms with Crippen molar-refractivity contribution >= 4 is 46.3 Å². The maximum atomic E-state index is 6.50. The summed E-state index contributed by atoms with van der Waals surface area (Å²) in [4.78, 5) is 13.6. The highest BCUT2D eigenvalue weighted by Crippen LogP contribution is 2.39. The van der Waals surface area contributed by atoms with Crippen LogP contribution in [0.15, 0.2) is 36.5 Å². The van der Waals surface area contributed by atoms with E-state index in [1.807, 2.05) is 12.1 Å². The first kappa shape index (κ1) is 20.4. The molecule has 5 rings (SSSR count). The van der Waals surface area contributed by atoms with E-state index in [2.05, 4.69) is 45.3 Å². The third kappa shape index (κ3) is 3.91. The molecule has 2 aliphatic heterocycles. The summed E-state index contributed by atoms with van der Waals surface area (Å²) >= 11 is 12.7. The Hall–Kier alpha value is -2.54. The number of aromatic nitrogens is 2. The zero-order valence-electron chi connectivity index (χ0n) is 17.5. The van der Waals surface area contributed by atoms with Crippen LogP contribution in [0.25, 0.3) is 0 Å². The number of anilines is 4. The van der Waals surface area contributed by atoms with Gasteiger partial charge in [-0.2, -0.15) is 4.98 Å². The fourth-order valence-electron chi connectivity index (χ4n) is 4.29. The molecular formula is C23H23Cl2N5O. The second-order valence-corrected chi connectivity index (χ2v) is 8.82. The van der Waals surface area contributed by atoms with Crippen molar-refractivity contribution in [2.75, 3.05) is 37.5 Å². The van der Waals surface area contributed by atoms with Gasteiger partial charge >= 0.3 is 0 Å². The Morgan fingerprint density at radius 3 is 2.71 bits per heavy atom. The number of halogens is 2. The summed E-state index contributed by atoms with van der Waals surface area (Å²) in [7, 11) is 3.82. The molecule has 3 aromatic rings. The predicted octanol–water partition coefficient (Wildman–Crippen LogP) is 5.22. The summed E-state index contributed by atoms with van der Waals surface area (Å²) in [6, 6.07) is 10.2. The van der Waals surface area contributed by atoms with E-state index in [1.165, 1.54) is 16.7 Å². The number of nitrogens with zero attached hydrogens (tertiary/aromatic N) is 4. The van der Waals surface area contributed by atoms with Gasteiger partial charge in [0.25, 0.3) is 0 Å². The smallest absolute Gasteiger partial charge is 0.229 e. The first-order chi connectivity index (χ1) is 15.0. The zero-order chi connectivity index (χ0) is 21.5. The number of likely N-dealkylation sites (N-methyl/N-ethyl adjacent to an activating group) is 1. The second kappa shape index (κ2) is 8.19. The standard InChI is InChI=1S/C23H23Cl2N5O/c1-29-7-5-15-10-21(31-2)19(9-16(15)13-29)27-23-26-12-18(25)22(28-23)30-8-6-14-3-4-17(24)11-20(14)30/h3-4,9-12H,5-8,13H2,1-2H3,(H,26,27,28). The van der Waals surface area contributed by atoms with E-state index in [0.29, 0.717) is 21.8 Å². The SMILES string of the molecule is COc1cc2c(cc1Nc1ncc(Cl)c(N3CCc4ccc(Cl)cc43)n1)CN(C)CC2. The van der Waals surface area contributed by atoms with E-state index in [9.17, 15) is 0 Å². The van der Waals surface area contributed by atoms with Crippen molar-refractivity contribution in [3.63, 3.8) is 0 Å². The number of hydrogen-bond donors (Lipinski definition) is 1. The molecule has 0 aliphatic carbocycles. The van der Waals surface area contributed by atoms with Crippen LogP contribution in [0, 0.1) is 0 Å². The lowest BCUT2D eigenvalue weighted by Crippen LogP contribution is -2.26. The second-order valence-electron chi connectivity index (χ2n) is 7.97. The van der Waals surface area contributed by atoms with Crippen molar-refractivity contribution < 1.29 is 4.74 Å². The van der Waals surface area contributed by atoms with Crippen molar-refractivity contribution in [1.29, 1.82) is 0 Å². The quantitative estimate of drug-likeness (QED) is 0.581. The number of fused-ring (bicyclic) bond motifs is 2. The number of nitrogens with one attached hydrogen (secondary N) is 1. The van der Waals surface area contributed by atoms with Crippen LogP contribution in [0.5, 0.6) is 5.75 Å². The summed E-state index contributed by atoms with van der Waals surface area (Å²) in [5.74, 6) is 1.91. The largest absolute Gasteiger partial charge is 0.495 e. The molecule has 0 saturated heterocycles. The average molecular weight is 456 g/mol. The molecule has 160 valence electrons. The van der Waals surface area contributed by atoms with E-state index in [0.717, 1.165) is 49.6 Å². The molecule has 2 aliphatic rings. The monoisotopic (exact) mass is 455 g/mol. The normalized spacial score (nSPS) is 15.5. The molecule has 2 aromatic carbocycles. The van der Waals surface area contributed by atoms with Crippen LogP contribution in [0.3, 0.4) is 0 Å². The number of rotatable bonds is 4. The van der Waals surface area contributed by atoms with Gasteiger partial charge in [0.2, 0.25) is 5.95 Å². The maximum Gasteiger partial charge on any atom is 0.229 e. The molecular weight excluding hydrogens is 433 g/mol. The van der Waals surface area contributed by atoms with Crippen molar-refractivity contribution in [2.24, 2.45) is 0 Å². The summed E-state index contributed by atoms with van der Waals surface area (Å²) in [6.45, 7) is 2.75. The van der Waals surface area contributed by atoms with Crippen LogP contribution in [-0.4, -0.2) is 42.1 Å². The van der Waals surface area contributed by atoms with Gasteiger partial charge in [-0.25, -0.2) is 4.98 Å². The molecule has 0 saturated carbocycles. The lowest BCUT2D eigenvalue weighted by atomic mass is 9.99. The minimum atomic E-state index is 0.470. The van der Waals surface area contributed by atoms with E-state index >= 15 is 0 Å². The average Bonchev–Trinajstić information content (AvgIpc) is 3.17. The van der Waals surface area contributed by atoms with Crippen LogP contribution in [0.4, 0.5) is 23.1 Å². The lowest BCUT2D eigenvalue weighted by Gasteiger charge is -2.26. The molecule has 31 heavy (non-hydrogen) atoms. The maximum absolute atomic E-state index is 6.50. The Kier molecular flexibility index (Phi) is 5.38. The van der Waals surface area contributed by atoms with Crippen LogP contribution in [-0.2, 0) is 19.4 Å². The highest BCUT2D eigenvalue weighted by molar-refractivity contribution is 6.33. The van der Waals surface area contributed by atoms with E-state index in [1.54, 1.807) is 13.3 Å². The lowest BCUT2D eigenvalue weighted by molar-refractivity contribution is 0.312. The van der Waals surface area contributed by atoms with Crippen LogP contribution in [0.2, 0.25) is 10.0 Å². The Labute approximate surface area is 191 Å². The topological polar surface area (TPSA) is 53.5 Å². The van der Waals surface area contributed by atoms with Gasteiger partial charge in [-0.15, -0.1) is 0 Å². The highest BCUT2D eigenvalue weighted by atomic mass is 35.5. The minimum absolute atomic E-state index is 0.470. The summed E-state index contributed by atoms with van der Waals surface area (Å²) in [5, 5.41) is 4.53. The van der Waals surface area contributed by atoms with Crippen LogP contribution >= 0.6 is 23.2 Å². The van der Waals surface area contributed by atoms with Crippen molar-refractivity contribution in [1.82, 2.24) is 14.9 Å². The minimum Gasteiger partial charge on any atom is -0.495 e. The summed E-state index contributed by atoms with van der Waals surface area (Å²) in [6.07, 6.45) is 3.57. The van der Waals surface area contributed by atoms with Crippen LogP contribution in [0.1, 0.15) is 16.7 Å². The molecule has 8 heteroatoms. The third-order valence-electron chi connectivity index (χ3n) is 5.90. The van der Waals surface area contributed by atoms with Gasteiger partial charge in [-0.1, -0.05) is 29.3 Å². The first-order valence-corrected chi connectivity index (χ1v) is 11.0. The molecule has 1 N–H and O–H groups in total. The van der Waals surface area contributed by atoms with E-state index < -0.39 is 0 Å². The number of hydrogen-bond acceptors (Lipinski definition) is 6. The van der Waals surface area contributed by atoms with Gasteiger partial charge < -0.3 is 19.9 Å². The Morgan fingerprint density at radius 1 is 1.03 bits per heavy atom. The van der Waals surface area contributed by atoms with Crippen molar-refractivity contribution in [3.8, 4) is 5.75 Å². The molecule has 0 spiro atoms. The highest BCUT2D eigenvalue weighted by Gasteiger charge is 2.25. The van der Waals surface area contributed by atoms with E-state index in [4.69, 9.17) is 32.9 Å². The van der Waals surface area contributed by atoms with Gasteiger partial charge in [-0.3, -0.25) is 0 Å². The number of benzene rings is 2. The van der Waals surface area contributed by atoms with Gasteiger partial charge in [-0.05, 0) is 60.8 Å². The molecule has 0 bridgehead atoms. The fourth-order valence-corrected chi connectivity index (χ4v) is 4.65. The number of ether oxygens (including phenoxy) is 1. The molecule has 0 unspecified atom stereocenters. The molecule has 0 radical (unpaired) electrons. The van der Waals surface area contributed by atoms with Crippen molar-refractivity contribution in [3.05, 3.63) is 63.3 Å². The van der Waals surface area contributed by atoms with Crippen LogP contribution < -0.4 is 15.0 Å². The van der Waals surface area contributed by atoms with Gasteiger partial charge in [0.05, 0.1) is 19.0 Å². The van der Waals surface area contributed by atoms with Gasteiger partial charge in [0, 0.05) is 30.3 Å². The Morgan fingerprint density at radius 2 is 1.87 bits per heavy atom. The molecule has 1 aromatic heterocycles. The zero-order valence-corrected chi connectivity index (χ0v) is 19.0. The molecule has 0 fully saturated rings. The Balaban J connectivity index is 1.49. The Bertz CT molecular complexity index is 1150. The molecule has 3 heterocycles. The van der Waals surface area contributed by atoms with Gasteiger partial charge in [0.1, 0.15) is 10.8 Å². The van der Waals surface area contributed by atoms with Gasteiger partial charge in [0.15, 0.2) is 5.82 Å². The summed E-state index contributed by atoms with van der Waals surface area (Å²) < 4.78 is 5.64. The fraction of sp³-hybridized carbons (Fsp3) is 0.304.